The van der Waals surface area contributed by atoms with Crippen LogP contribution in [-0.4, -0.2) is 47.9 Å². The molecule has 134 valence electrons. The lowest BCUT2D eigenvalue weighted by Gasteiger charge is -2.19. The average molecular weight is 421 g/mol. The quantitative estimate of drug-likeness (QED) is 0.677. The largest absolute Gasteiger partial charge is 0.355 e. The molecule has 0 bridgehead atoms. The number of carbonyl (C=O) groups is 1. The first-order valence-corrected chi connectivity index (χ1v) is 9.79. The summed E-state index contributed by atoms with van der Waals surface area (Å²) in [6.07, 6.45) is 0.410. The molecule has 0 aromatic heterocycles. The van der Waals surface area contributed by atoms with Gasteiger partial charge in [0.25, 0.3) is 0 Å². The average Bonchev–Trinajstić information content (AvgIpc) is 2.96. The summed E-state index contributed by atoms with van der Waals surface area (Å²) in [6, 6.07) is 3.30. The molecule has 1 aromatic carbocycles. The Kier molecular flexibility index (Phi) is 6.38. The van der Waals surface area contributed by atoms with Crippen LogP contribution in [0.4, 0.5) is 5.69 Å². The fourth-order valence-electron chi connectivity index (χ4n) is 2.56. The number of carbonyl (C=O) groups excluding carboxylic acids is 1. The number of halogens is 1. The Morgan fingerprint density at radius 1 is 1.38 bits per heavy atom. The van der Waals surface area contributed by atoms with Crippen LogP contribution in [0.15, 0.2) is 21.5 Å². The Morgan fingerprint density at radius 3 is 2.62 bits per heavy atom. The molecule has 0 atom stereocenters. The molecule has 0 aliphatic carbocycles. The lowest BCUT2D eigenvalue weighted by molar-refractivity contribution is -0.118. The molecule has 0 radical (unpaired) electrons. The topological polar surface area (TPSA) is 84.9 Å². The van der Waals surface area contributed by atoms with Crippen LogP contribution < -0.4 is 9.62 Å². The van der Waals surface area contributed by atoms with Crippen LogP contribution >= 0.6 is 15.9 Å². The molecule has 7 nitrogen and oxygen atoms in total. The summed E-state index contributed by atoms with van der Waals surface area (Å²) < 4.78 is 38.0. The van der Waals surface area contributed by atoms with E-state index in [0.29, 0.717) is 29.5 Å². The molecule has 1 heterocycles. The van der Waals surface area contributed by atoms with Crippen molar-refractivity contribution in [3.05, 3.63) is 22.2 Å². The lowest BCUT2D eigenvalue weighted by atomic mass is 10.2. The second-order valence-electron chi connectivity index (χ2n) is 5.31. The SMILES string of the molecule is CCC(=O)N1CCc2cc(Br)c(S(=O)(=O)NCC(OC)OC)cc21. The summed E-state index contributed by atoms with van der Waals surface area (Å²) >= 11 is 3.32. The van der Waals surface area contributed by atoms with E-state index in [1.165, 1.54) is 20.3 Å². The van der Waals surface area contributed by atoms with Crippen molar-refractivity contribution in [3.63, 3.8) is 0 Å². The van der Waals surface area contributed by atoms with E-state index in [4.69, 9.17) is 9.47 Å². The molecule has 0 saturated carbocycles. The standard InChI is InChI=1S/C15H21BrN2O5S/c1-4-14(19)18-6-5-10-7-11(16)13(8-12(10)18)24(20,21)17-9-15(22-2)23-3/h7-8,15,17H,4-6,9H2,1-3H3. The number of methoxy groups -OCH3 is 2. The zero-order valence-corrected chi connectivity index (χ0v) is 16.2. The van der Waals surface area contributed by atoms with E-state index in [1.807, 2.05) is 0 Å². The van der Waals surface area contributed by atoms with Gasteiger partial charge in [0.05, 0.1) is 11.4 Å². The summed E-state index contributed by atoms with van der Waals surface area (Å²) in [7, 11) is -0.913. The molecular weight excluding hydrogens is 400 g/mol. The van der Waals surface area contributed by atoms with Gasteiger partial charge < -0.3 is 14.4 Å². The highest BCUT2D eigenvalue weighted by Crippen LogP contribution is 2.35. The molecule has 1 aliphatic rings. The monoisotopic (exact) mass is 420 g/mol. The Morgan fingerprint density at radius 2 is 2.04 bits per heavy atom. The van der Waals surface area contributed by atoms with Crippen LogP contribution in [0.3, 0.4) is 0 Å². The van der Waals surface area contributed by atoms with Gasteiger partial charge in [-0.1, -0.05) is 6.92 Å². The molecule has 1 aromatic rings. The third-order valence-electron chi connectivity index (χ3n) is 3.89. The van der Waals surface area contributed by atoms with E-state index in [0.717, 1.165) is 5.56 Å². The van der Waals surface area contributed by atoms with Gasteiger partial charge in [0.2, 0.25) is 15.9 Å². The summed E-state index contributed by atoms with van der Waals surface area (Å²) in [6.45, 7) is 2.34. The first kappa shape index (κ1) is 19.3. The fraction of sp³-hybridized carbons (Fsp3) is 0.533. The number of amides is 1. The van der Waals surface area contributed by atoms with Crippen LogP contribution in [0, 0.1) is 0 Å². The van der Waals surface area contributed by atoms with Gasteiger partial charge in [-0.05, 0) is 40.0 Å². The third-order valence-corrected chi connectivity index (χ3v) is 6.27. The van der Waals surface area contributed by atoms with E-state index in [2.05, 4.69) is 20.7 Å². The highest BCUT2D eigenvalue weighted by Gasteiger charge is 2.28. The first-order valence-electron chi connectivity index (χ1n) is 7.52. The lowest BCUT2D eigenvalue weighted by Crippen LogP contribution is -2.34. The summed E-state index contributed by atoms with van der Waals surface area (Å²) in [5.41, 5.74) is 1.61. The van der Waals surface area contributed by atoms with Gasteiger partial charge in [0, 0.05) is 37.3 Å². The molecule has 24 heavy (non-hydrogen) atoms. The molecule has 2 rings (SSSR count). The maximum absolute atomic E-state index is 12.6. The maximum Gasteiger partial charge on any atom is 0.241 e. The van der Waals surface area contributed by atoms with Crippen molar-refractivity contribution >= 4 is 37.5 Å². The summed E-state index contributed by atoms with van der Waals surface area (Å²) in [5, 5.41) is 0. The van der Waals surface area contributed by atoms with Crippen molar-refractivity contribution in [3.8, 4) is 0 Å². The maximum atomic E-state index is 12.6. The summed E-state index contributed by atoms with van der Waals surface area (Å²) in [4.78, 5) is 13.8. The number of hydrogen-bond donors (Lipinski definition) is 1. The zero-order chi connectivity index (χ0) is 17.9. The Labute approximate surface area is 150 Å². The molecule has 9 heteroatoms. The van der Waals surface area contributed by atoms with Gasteiger partial charge in [-0.15, -0.1) is 0 Å². The number of hydrogen-bond acceptors (Lipinski definition) is 5. The minimum Gasteiger partial charge on any atom is -0.355 e. The van der Waals surface area contributed by atoms with Crippen molar-refractivity contribution in [2.75, 3.05) is 32.2 Å². The molecule has 1 aliphatic heterocycles. The van der Waals surface area contributed by atoms with Crippen molar-refractivity contribution in [2.45, 2.75) is 31.0 Å². The fourth-order valence-corrected chi connectivity index (χ4v) is 4.69. The molecule has 1 amide bonds. The van der Waals surface area contributed by atoms with Crippen molar-refractivity contribution in [1.29, 1.82) is 0 Å². The predicted octanol–water partition coefficient (Wildman–Crippen LogP) is 1.65. The second kappa shape index (κ2) is 7.92. The molecule has 0 saturated heterocycles. The smallest absolute Gasteiger partial charge is 0.241 e. The van der Waals surface area contributed by atoms with Crippen molar-refractivity contribution in [1.82, 2.24) is 4.72 Å². The Hall–Kier alpha value is -1.00. The van der Waals surface area contributed by atoms with Gasteiger partial charge in [-0.25, -0.2) is 13.1 Å². The van der Waals surface area contributed by atoms with E-state index < -0.39 is 16.3 Å². The second-order valence-corrected chi connectivity index (χ2v) is 7.90. The van der Waals surface area contributed by atoms with Gasteiger partial charge in [0.15, 0.2) is 6.29 Å². The minimum absolute atomic E-state index is 0.0174. The molecular formula is C15H21BrN2O5S. The van der Waals surface area contributed by atoms with Gasteiger partial charge in [0.1, 0.15) is 0 Å². The minimum atomic E-state index is -3.78. The highest BCUT2D eigenvalue weighted by atomic mass is 79.9. The number of rotatable bonds is 7. The van der Waals surface area contributed by atoms with Crippen molar-refractivity contribution < 1.29 is 22.7 Å². The molecule has 0 unspecified atom stereocenters. The van der Waals surface area contributed by atoms with Gasteiger partial charge >= 0.3 is 0 Å². The van der Waals surface area contributed by atoms with Crippen LogP contribution in [-0.2, 0) is 30.7 Å². The first-order chi connectivity index (χ1) is 11.3. The summed E-state index contributed by atoms with van der Waals surface area (Å²) in [5.74, 6) is -0.0220. The van der Waals surface area contributed by atoms with E-state index in [-0.39, 0.29) is 17.3 Å². The van der Waals surface area contributed by atoms with Gasteiger partial charge in [-0.2, -0.15) is 0 Å². The third kappa shape index (κ3) is 3.97. The van der Waals surface area contributed by atoms with Crippen molar-refractivity contribution in [2.24, 2.45) is 0 Å². The van der Waals surface area contributed by atoms with E-state index >= 15 is 0 Å². The van der Waals surface area contributed by atoms with E-state index in [1.54, 1.807) is 17.9 Å². The number of nitrogens with one attached hydrogen (secondary N) is 1. The number of nitrogens with zero attached hydrogens (tertiary/aromatic N) is 1. The van der Waals surface area contributed by atoms with Gasteiger partial charge in [-0.3, -0.25) is 4.79 Å². The van der Waals surface area contributed by atoms with E-state index in [9.17, 15) is 13.2 Å². The van der Waals surface area contributed by atoms with Crippen LogP contribution in [0.1, 0.15) is 18.9 Å². The molecule has 0 fully saturated rings. The predicted molar refractivity (Wildman–Crippen MR) is 93.5 cm³/mol. The highest BCUT2D eigenvalue weighted by molar-refractivity contribution is 9.10. The number of fused-ring (bicyclic) bond motifs is 1. The Bertz CT molecular complexity index is 719. The van der Waals surface area contributed by atoms with Crippen LogP contribution in [0.5, 0.6) is 0 Å². The molecule has 0 spiro atoms. The zero-order valence-electron chi connectivity index (χ0n) is 13.8. The Balaban J connectivity index is 2.32. The number of benzene rings is 1. The number of ether oxygens (including phenoxy) is 2. The van der Waals surface area contributed by atoms with Crippen LogP contribution in [0.2, 0.25) is 0 Å². The normalized spacial score (nSPS) is 14.3. The molecule has 1 N–H and O–H groups in total. The number of anilines is 1. The number of sulfonamides is 1. The van der Waals surface area contributed by atoms with Crippen LogP contribution in [0.25, 0.3) is 0 Å².